The topological polar surface area (TPSA) is 84.5 Å². The molecular weight excluding hydrogens is 308 g/mol. The summed E-state index contributed by atoms with van der Waals surface area (Å²) in [5.74, 6) is -1.23. The second kappa shape index (κ2) is 8.47. The molecule has 6 heteroatoms. The maximum Gasteiger partial charge on any atom is 0.315 e. The van der Waals surface area contributed by atoms with E-state index >= 15 is 0 Å². The van der Waals surface area contributed by atoms with Crippen LogP contribution in [-0.2, 0) is 14.3 Å². The highest BCUT2D eigenvalue weighted by atomic mass is 16.5. The number of esters is 1. The zero-order valence-electron chi connectivity index (χ0n) is 13.2. The van der Waals surface area contributed by atoms with Crippen molar-refractivity contribution in [3.05, 3.63) is 60.2 Å². The van der Waals surface area contributed by atoms with E-state index in [0.29, 0.717) is 16.9 Å². The lowest BCUT2D eigenvalue weighted by atomic mass is 10.2. The van der Waals surface area contributed by atoms with Gasteiger partial charge in [0, 0.05) is 16.9 Å². The van der Waals surface area contributed by atoms with Crippen molar-refractivity contribution in [2.45, 2.75) is 13.3 Å². The summed E-state index contributed by atoms with van der Waals surface area (Å²) in [4.78, 5) is 34.9. The molecule has 0 aliphatic carbocycles. The Morgan fingerprint density at radius 3 is 2.04 bits per heavy atom. The van der Waals surface area contributed by atoms with E-state index in [2.05, 4.69) is 10.6 Å². The van der Waals surface area contributed by atoms with Crippen LogP contribution in [0.5, 0.6) is 0 Å². The summed E-state index contributed by atoms with van der Waals surface area (Å²) < 4.78 is 4.71. The van der Waals surface area contributed by atoms with Crippen molar-refractivity contribution < 1.29 is 19.1 Å². The predicted molar refractivity (Wildman–Crippen MR) is 90.7 cm³/mol. The van der Waals surface area contributed by atoms with Crippen molar-refractivity contribution in [3.63, 3.8) is 0 Å². The van der Waals surface area contributed by atoms with Crippen molar-refractivity contribution in [1.82, 2.24) is 0 Å². The molecule has 24 heavy (non-hydrogen) atoms. The van der Waals surface area contributed by atoms with Crippen molar-refractivity contribution in [2.24, 2.45) is 0 Å². The molecule has 124 valence electrons. The number of carbonyl (C=O) groups excluding carboxylic acids is 3. The van der Waals surface area contributed by atoms with Crippen LogP contribution in [0.15, 0.2) is 54.6 Å². The third kappa shape index (κ3) is 5.24. The van der Waals surface area contributed by atoms with Gasteiger partial charge in [-0.3, -0.25) is 14.4 Å². The van der Waals surface area contributed by atoms with Gasteiger partial charge in [-0.15, -0.1) is 0 Å². The molecular formula is C18H18N2O4. The summed E-state index contributed by atoms with van der Waals surface area (Å²) in [7, 11) is 0. The number of anilines is 2. The molecule has 0 spiro atoms. The largest absolute Gasteiger partial charge is 0.466 e. The van der Waals surface area contributed by atoms with Gasteiger partial charge in [0.25, 0.3) is 5.91 Å². The molecule has 2 amide bonds. The summed E-state index contributed by atoms with van der Waals surface area (Å²) in [5, 5.41) is 5.35. The monoisotopic (exact) mass is 326 g/mol. The molecule has 0 radical (unpaired) electrons. The fourth-order valence-electron chi connectivity index (χ4n) is 1.98. The first-order valence-electron chi connectivity index (χ1n) is 7.50. The highest BCUT2D eigenvalue weighted by Gasteiger charge is 2.10. The van der Waals surface area contributed by atoms with Crippen LogP contribution in [-0.4, -0.2) is 24.4 Å². The molecule has 0 saturated heterocycles. The molecule has 0 heterocycles. The first-order valence-corrected chi connectivity index (χ1v) is 7.50. The Kier molecular flexibility index (Phi) is 6.08. The summed E-state index contributed by atoms with van der Waals surface area (Å²) in [6.45, 7) is 1.92. The van der Waals surface area contributed by atoms with Crippen LogP contribution in [0.4, 0.5) is 11.4 Å². The van der Waals surface area contributed by atoms with Crippen molar-refractivity contribution in [1.29, 1.82) is 0 Å². The van der Waals surface area contributed by atoms with Gasteiger partial charge in [-0.2, -0.15) is 0 Å². The van der Waals surface area contributed by atoms with Gasteiger partial charge in [0.1, 0.15) is 6.42 Å². The van der Waals surface area contributed by atoms with Crippen molar-refractivity contribution >= 4 is 29.2 Å². The number of hydrogen-bond acceptors (Lipinski definition) is 4. The van der Waals surface area contributed by atoms with Gasteiger partial charge in [0.05, 0.1) is 6.61 Å². The molecule has 2 aromatic carbocycles. The maximum atomic E-state index is 12.0. The molecule has 0 fully saturated rings. The standard InChI is InChI=1S/C18H18N2O4/c1-2-24-17(22)12-16(21)19-14-8-10-15(11-9-14)20-18(23)13-6-4-3-5-7-13/h3-11H,2,12H2,1H3,(H,19,21)(H,20,23). The Balaban J connectivity index is 1.90. The maximum absolute atomic E-state index is 12.0. The SMILES string of the molecule is CCOC(=O)CC(=O)Nc1ccc(NC(=O)c2ccccc2)cc1. The van der Waals surface area contributed by atoms with Crippen LogP contribution in [0.2, 0.25) is 0 Å². The molecule has 0 bridgehead atoms. The number of ether oxygens (including phenoxy) is 1. The Hall–Kier alpha value is -3.15. The molecule has 0 unspecified atom stereocenters. The van der Waals surface area contributed by atoms with Gasteiger partial charge in [-0.25, -0.2) is 0 Å². The fraction of sp³-hybridized carbons (Fsp3) is 0.167. The minimum atomic E-state index is -0.568. The average molecular weight is 326 g/mol. The third-order valence-electron chi connectivity index (χ3n) is 3.07. The highest BCUT2D eigenvalue weighted by molar-refractivity contribution is 6.04. The molecule has 0 aliphatic rings. The van der Waals surface area contributed by atoms with Crippen LogP contribution in [0.25, 0.3) is 0 Å². The molecule has 2 rings (SSSR count). The summed E-state index contributed by atoms with van der Waals surface area (Å²) in [6, 6.07) is 15.5. The number of amides is 2. The second-order valence-corrected chi connectivity index (χ2v) is 4.93. The summed E-state index contributed by atoms with van der Waals surface area (Å²) in [5.41, 5.74) is 1.69. The normalized spacial score (nSPS) is 9.88. The Morgan fingerprint density at radius 1 is 0.875 bits per heavy atom. The lowest BCUT2D eigenvalue weighted by Crippen LogP contribution is -2.18. The zero-order chi connectivity index (χ0) is 17.4. The molecule has 2 aromatic rings. The van der Waals surface area contributed by atoms with Crippen LogP contribution in [0.3, 0.4) is 0 Å². The van der Waals surface area contributed by atoms with E-state index in [4.69, 9.17) is 4.74 Å². The number of hydrogen-bond donors (Lipinski definition) is 2. The molecule has 0 aromatic heterocycles. The lowest BCUT2D eigenvalue weighted by Gasteiger charge is -2.08. The molecule has 0 aliphatic heterocycles. The molecule has 0 saturated carbocycles. The quantitative estimate of drug-likeness (QED) is 0.631. The van der Waals surface area contributed by atoms with Crippen molar-refractivity contribution in [2.75, 3.05) is 17.2 Å². The van der Waals surface area contributed by atoms with Crippen molar-refractivity contribution in [3.8, 4) is 0 Å². The minimum Gasteiger partial charge on any atom is -0.466 e. The number of benzene rings is 2. The zero-order valence-corrected chi connectivity index (χ0v) is 13.2. The number of carbonyl (C=O) groups is 3. The van der Waals surface area contributed by atoms with E-state index in [1.165, 1.54) is 0 Å². The lowest BCUT2D eigenvalue weighted by molar-refractivity contribution is -0.145. The van der Waals surface area contributed by atoms with Crippen LogP contribution >= 0.6 is 0 Å². The van der Waals surface area contributed by atoms with Gasteiger partial charge >= 0.3 is 5.97 Å². The predicted octanol–water partition coefficient (Wildman–Crippen LogP) is 2.83. The second-order valence-electron chi connectivity index (χ2n) is 4.93. The van der Waals surface area contributed by atoms with E-state index in [0.717, 1.165) is 0 Å². The molecule has 6 nitrogen and oxygen atoms in total. The van der Waals surface area contributed by atoms with Crippen LogP contribution in [0, 0.1) is 0 Å². The fourth-order valence-corrected chi connectivity index (χ4v) is 1.98. The third-order valence-corrected chi connectivity index (χ3v) is 3.07. The number of rotatable bonds is 6. The first kappa shape index (κ1) is 17.2. The minimum absolute atomic E-state index is 0.213. The molecule has 0 atom stereocenters. The highest BCUT2D eigenvalue weighted by Crippen LogP contribution is 2.15. The van der Waals surface area contributed by atoms with E-state index in [-0.39, 0.29) is 18.9 Å². The summed E-state index contributed by atoms with van der Waals surface area (Å²) in [6.07, 6.45) is -0.333. The number of nitrogens with one attached hydrogen (secondary N) is 2. The Morgan fingerprint density at radius 2 is 1.46 bits per heavy atom. The summed E-state index contributed by atoms with van der Waals surface area (Å²) >= 11 is 0. The van der Waals surface area contributed by atoms with Crippen LogP contribution < -0.4 is 10.6 Å². The van der Waals surface area contributed by atoms with Gasteiger partial charge in [-0.05, 0) is 43.3 Å². The van der Waals surface area contributed by atoms with E-state index in [9.17, 15) is 14.4 Å². The molecule has 2 N–H and O–H groups in total. The Bertz CT molecular complexity index is 712. The average Bonchev–Trinajstić information content (AvgIpc) is 2.57. The van der Waals surface area contributed by atoms with Crippen LogP contribution in [0.1, 0.15) is 23.7 Å². The first-order chi connectivity index (χ1) is 11.6. The Labute approximate surface area is 139 Å². The van der Waals surface area contributed by atoms with Gasteiger partial charge in [0.2, 0.25) is 5.91 Å². The smallest absolute Gasteiger partial charge is 0.315 e. The van der Waals surface area contributed by atoms with Gasteiger partial charge in [0.15, 0.2) is 0 Å². The van der Waals surface area contributed by atoms with E-state index in [1.54, 1.807) is 55.5 Å². The van der Waals surface area contributed by atoms with Gasteiger partial charge in [-0.1, -0.05) is 18.2 Å². The van der Waals surface area contributed by atoms with E-state index < -0.39 is 11.9 Å². The van der Waals surface area contributed by atoms with E-state index in [1.807, 2.05) is 6.07 Å². The van der Waals surface area contributed by atoms with Gasteiger partial charge < -0.3 is 15.4 Å².